The van der Waals surface area contributed by atoms with Crippen LogP contribution in [0.25, 0.3) is 0 Å². The van der Waals surface area contributed by atoms with Gasteiger partial charge in [0.2, 0.25) is 0 Å². The fourth-order valence-electron chi connectivity index (χ4n) is 8.75. The fourth-order valence-corrected chi connectivity index (χ4v) is 8.75. The number of esters is 2. The van der Waals surface area contributed by atoms with Crippen LogP contribution >= 0.6 is 0 Å². The predicted molar refractivity (Wildman–Crippen MR) is 249 cm³/mol. The van der Waals surface area contributed by atoms with Crippen LogP contribution in [0, 0.1) is 17.8 Å². The van der Waals surface area contributed by atoms with Crippen molar-refractivity contribution in [3.05, 3.63) is 0 Å². The van der Waals surface area contributed by atoms with E-state index in [4.69, 9.17) is 9.47 Å². The Kier molecular flexibility index (Phi) is 43.6. The van der Waals surface area contributed by atoms with Crippen LogP contribution in [0.2, 0.25) is 0 Å². The maximum Gasteiger partial charge on any atom is 0.305 e. The molecule has 0 aliphatic carbocycles. The molecule has 0 aromatic rings. The van der Waals surface area contributed by atoms with E-state index in [1.807, 2.05) is 0 Å². The summed E-state index contributed by atoms with van der Waals surface area (Å²) in [7, 11) is 0. The fraction of sp³-hybridized carbons (Fsp3) is 0.962. The highest BCUT2D eigenvalue weighted by molar-refractivity contribution is 5.69. The summed E-state index contributed by atoms with van der Waals surface area (Å²) in [6.07, 6.45) is 44.3. The molecule has 0 radical (unpaired) electrons. The second-order valence-electron chi connectivity index (χ2n) is 18.1. The molecule has 0 saturated carbocycles. The molecule has 0 bridgehead atoms. The molecule has 1 unspecified atom stereocenters. The summed E-state index contributed by atoms with van der Waals surface area (Å²) in [6.45, 7) is 18.5. The Hall–Kier alpha value is -1.10. The Labute approximate surface area is 358 Å². The molecular formula is C52H103NO4. The Balaban J connectivity index is 4.12. The molecule has 0 aliphatic rings. The van der Waals surface area contributed by atoms with Crippen molar-refractivity contribution in [2.75, 3.05) is 32.8 Å². The van der Waals surface area contributed by atoms with E-state index in [0.29, 0.717) is 26.1 Å². The first-order valence-electron chi connectivity index (χ1n) is 26.0. The van der Waals surface area contributed by atoms with Gasteiger partial charge in [0.25, 0.3) is 0 Å². The summed E-state index contributed by atoms with van der Waals surface area (Å²) in [4.78, 5) is 27.3. The SMILES string of the molecule is CCCCCC(CCCCC)CCOC(=O)CCCCCCCCCC(CCCCCCCCC(=O)OCCC(CCCCC)CCCCC)CCN(CC)CC. The van der Waals surface area contributed by atoms with Gasteiger partial charge < -0.3 is 14.4 Å². The lowest BCUT2D eigenvalue weighted by molar-refractivity contribution is -0.145. The Morgan fingerprint density at radius 2 is 0.632 bits per heavy atom. The van der Waals surface area contributed by atoms with E-state index < -0.39 is 0 Å². The number of hydrogen-bond donors (Lipinski definition) is 0. The zero-order valence-corrected chi connectivity index (χ0v) is 39.8. The molecular weight excluding hydrogens is 703 g/mol. The van der Waals surface area contributed by atoms with Crippen molar-refractivity contribution in [1.29, 1.82) is 0 Å². The van der Waals surface area contributed by atoms with Crippen molar-refractivity contribution in [2.45, 2.75) is 273 Å². The molecule has 0 aromatic carbocycles. The summed E-state index contributed by atoms with van der Waals surface area (Å²) < 4.78 is 11.3. The number of unbranched alkanes of at least 4 members (excludes halogenated alkanes) is 19. The van der Waals surface area contributed by atoms with Crippen molar-refractivity contribution in [3.8, 4) is 0 Å². The third-order valence-electron chi connectivity index (χ3n) is 12.9. The second-order valence-corrected chi connectivity index (χ2v) is 18.1. The number of ether oxygens (including phenoxy) is 2. The molecule has 0 aliphatic heterocycles. The Morgan fingerprint density at radius 3 is 0.947 bits per heavy atom. The highest BCUT2D eigenvalue weighted by Crippen LogP contribution is 2.25. The molecule has 0 heterocycles. The summed E-state index contributed by atoms with van der Waals surface area (Å²) in [5, 5.41) is 0. The number of rotatable bonds is 46. The van der Waals surface area contributed by atoms with E-state index in [-0.39, 0.29) is 11.9 Å². The lowest BCUT2D eigenvalue weighted by Gasteiger charge is -2.23. The van der Waals surface area contributed by atoms with Crippen molar-refractivity contribution in [2.24, 2.45) is 17.8 Å². The van der Waals surface area contributed by atoms with Crippen LogP contribution < -0.4 is 0 Å². The lowest BCUT2D eigenvalue weighted by Crippen LogP contribution is -2.25. The minimum Gasteiger partial charge on any atom is -0.466 e. The molecule has 0 fully saturated rings. The predicted octanol–water partition coefficient (Wildman–Crippen LogP) is 16.4. The first-order valence-corrected chi connectivity index (χ1v) is 26.0. The first-order chi connectivity index (χ1) is 27.9. The van der Waals surface area contributed by atoms with E-state index >= 15 is 0 Å². The topological polar surface area (TPSA) is 55.8 Å². The van der Waals surface area contributed by atoms with E-state index in [9.17, 15) is 9.59 Å². The zero-order valence-electron chi connectivity index (χ0n) is 39.8. The standard InChI is InChI=1S/C52H103NO4/c1-7-13-26-34-49(35-27-14-8-2)43-46-56-51(54)40-32-24-19-17-18-22-30-38-48(42-45-53(11-5)12-6)39-31-23-20-21-25-33-41-52(55)57-47-44-50(36-28-15-9-3)37-29-16-10-4/h48-50H,7-47H2,1-6H3. The van der Waals surface area contributed by atoms with E-state index in [0.717, 1.165) is 69.4 Å². The summed E-state index contributed by atoms with van der Waals surface area (Å²) in [6, 6.07) is 0. The van der Waals surface area contributed by atoms with Crippen LogP contribution in [0.3, 0.4) is 0 Å². The summed E-state index contributed by atoms with van der Waals surface area (Å²) in [5.74, 6) is 2.36. The van der Waals surface area contributed by atoms with Gasteiger partial charge in [0, 0.05) is 12.8 Å². The monoisotopic (exact) mass is 806 g/mol. The van der Waals surface area contributed by atoms with Crippen molar-refractivity contribution < 1.29 is 19.1 Å². The highest BCUT2D eigenvalue weighted by atomic mass is 16.5. The van der Waals surface area contributed by atoms with Gasteiger partial charge in [-0.3, -0.25) is 9.59 Å². The minimum absolute atomic E-state index is 0.0217. The average molecular weight is 806 g/mol. The molecule has 340 valence electrons. The molecule has 0 spiro atoms. The maximum absolute atomic E-state index is 12.4. The molecule has 0 rings (SSSR count). The van der Waals surface area contributed by atoms with Crippen molar-refractivity contribution >= 4 is 11.9 Å². The van der Waals surface area contributed by atoms with Crippen molar-refractivity contribution in [1.82, 2.24) is 4.90 Å². The molecule has 0 amide bonds. The van der Waals surface area contributed by atoms with Gasteiger partial charge in [-0.2, -0.15) is 0 Å². The number of carbonyl (C=O) groups is 2. The van der Waals surface area contributed by atoms with Crippen LogP contribution in [0.15, 0.2) is 0 Å². The lowest BCUT2D eigenvalue weighted by atomic mass is 9.91. The quantitative estimate of drug-likeness (QED) is 0.0453. The van der Waals surface area contributed by atoms with E-state index in [2.05, 4.69) is 46.4 Å². The molecule has 0 aromatic heterocycles. The third kappa shape index (κ3) is 38.8. The van der Waals surface area contributed by atoms with Crippen molar-refractivity contribution in [3.63, 3.8) is 0 Å². The molecule has 1 atom stereocenters. The van der Waals surface area contributed by atoms with Crippen LogP contribution in [0.5, 0.6) is 0 Å². The third-order valence-corrected chi connectivity index (χ3v) is 12.9. The molecule has 57 heavy (non-hydrogen) atoms. The Bertz CT molecular complexity index is 809. The molecule has 0 saturated heterocycles. The summed E-state index contributed by atoms with van der Waals surface area (Å²) in [5.41, 5.74) is 0. The van der Waals surface area contributed by atoms with Gasteiger partial charge >= 0.3 is 11.9 Å². The number of hydrogen-bond acceptors (Lipinski definition) is 5. The maximum atomic E-state index is 12.4. The van der Waals surface area contributed by atoms with Gasteiger partial charge in [-0.15, -0.1) is 0 Å². The smallest absolute Gasteiger partial charge is 0.305 e. The zero-order chi connectivity index (χ0) is 41.9. The first kappa shape index (κ1) is 55.9. The minimum atomic E-state index is 0.0217. The molecule has 0 N–H and O–H groups in total. The summed E-state index contributed by atoms with van der Waals surface area (Å²) >= 11 is 0. The largest absolute Gasteiger partial charge is 0.466 e. The van der Waals surface area contributed by atoms with Gasteiger partial charge in [0.1, 0.15) is 0 Å². The average Bonchev–Trinajstić information content (AvgIpc) is 3.21. The Morgan fingerprint density at radius 1 is 0.351 bits per heavy atom. The highest BCUT2D eigenvalue weighted by Gasteiger charge is 2.13. The van der Waals surface area contributed by atoms with E-state index in [1.54, 1.807) is 0 Å². The van der Waals surface area contributed by atoms with Gasteiger partial charge in [-0.25, -0.2) is 0 Å². The van der Waals surface area contributed by atoms with Gasteiger partial charge in [0.15, 0.2) is 0 Å². The van der Waals surface area contributed by atoms with Crippen LogP contribution in [0.1, 0.15) is 273 Å². The molecule has 5 heteroatoms. The second kappa shape index (κ2) is 44.5. The van der Waals surface area contributed by atoms with Gasteiger partial charge in [0.05, 0.1) is 13.2 Å². The number of carbonyl (C=O) groups excluding carboxylic acids is 2. The molecule has 5 nitrogen and oxygen atoms in total. The van der Waals surface area contributed by atoms with Gasteiger partial charge in [-0.05, 0) is 69.5 Å². The van der Waals surface area contributed by atoms with Crippen LogP contribution in [-0.2, 0) is 19.1 Å². The van der Waals surface area contributed by atoms with Crippen LogP contribution in [0.4, 0.5) is 0 Å². The number of nitrogens with zero attached hydrogens (tertiary/aromatic N) is 1. The van der Waals surface area contributed by atoms with Gasteiger partial charge in [-0.1, -0.05) is 228 Å². The van der Waals surface area contributed by atoms with Crippen LogP contribution in [-0.4, -0.2) is 49.7 Å². The van der Waals surface area contributed by atoms with E-state index in [1.165, 1.54) is 186 Å². The normalized spacial score (nSPS) is 12.3.